The first-order chi connectivity index (χ1) is 14.9. The highest BCUT2D eigenvalue weighted by Crippen LogP contribution is 2.35. The normalized spacial score (nSPS) is 18.4. The van der Waals surface area contributed by atoms with Crippen molar-refractivity contribution in [2.24, 2.45) is 5.92 Å². The summed E-state index contributed by atoms with van der Waals surface area (Å²) in [6, 6.07) is 6.24. The molecule has 0 spiro atoms. The van der Waals surface area contributed by atoms with Crippen LogP contribution in [-0.2, 0) is 22.6 Å². The number of likely N-dealkylation sites (tertiary alicyclic amines) is 1. The van der Waals surface area contributed by atoms with Crippen LogP contribution in [0.25, 0.3) is 17.0 Å². The van der Waals surface area contributed by atoms with E-state index < -0.39 is 0 Å². The summed E-state index contributed by atoms with van der Waals surface area (Å²) >= 11 is 6.83. The first-order valence-electron chi connectivity index (χ1n) is 11.0. The third-order valence-corrected chi connectivity index (χ3v) is 7.24. The summed E-state index contributed by atoms with van der Waals surface area (Å²) in [4.78, 5) is 30.1. The van der Waals surface area contributed by atoms with Gasteiger partial charge in [-0.15, -0.1) is 0 Å². The summed E-state index contributed by atoms with van der Waals surface area (Å²) in [5.74, 6) is 0.493. The number of carbonyl (C=O) groups is 2. The van der Waals surface area contributed by atoms with Gasteiger partial charge < -0.3 is 9.47 Å². The summed E-state index contributed by atoms with van der Waals surface area (Å²) in [7, 11) is 0. The molecule has 0 N–H and O–H groups in total. The van der Waals surface area contributed by atoms with Gasteiger partial charge in [0, 0.05) is 36.8 Å². The van der Waals surface area contributed by atoms with Gasteiger partial charge in [0.15, 0.2) is 0 Å². The van der Waals surface area contributed by atoms with E-state index in [0.29, 0.717) is 28.2 Å². The number of thiocarbonyl (C=S) groups is 1. The summed E-state index contributed by atoms with van der Waals surface area (Å²) < 4.78 is 2.68. The first kappa shape index (κ1) is 22.1. The maximum atomic E-state index is 13.0. The van der Waals surface area contributed by atoms with E-state index >= 15 is 0 Å². The van der Waals surface area contributed by atoms with Crippen LogP contribution >= 0.6 is 24.0 Å². The molecule has 2 aliphatic heterocycles. The van der Waals surface area contributed by atoms with E-state index in [-0.39, 0.29) is 11.8 Å². The first-order valence-corrected chi connectivity index (χ1v) is 12.3. The number of hydrogen-bond donors (Lipinski definition) is 0. The fourth-order valence-electron chi connectivity index (χ4n) is 4.37. The van der Waals surface area contributed by atoms with E-state index in [1.54, 1.807) is 4.90 Å². The Labute approximate surface area is 193 Å². The Balaban J connectivity index is 1.72. The summed E-state index contributed by atoms with van der Waals surface area (Å²) in [6.45, 7) is 8.96. The lowest BCUT2D eigenvalue weighted by atomic mass is 10.1. The molecule has 31 heavy (non-hydrogen) atoms. The Hall–Kier alpha value is -2.12. The Morgan fingerprint density at radius 1 is 1.26 bits per heavy atom. The zero-order valence-electron chi connectivity index (χ0n) is 18.4. The smallest absolute Gasteiger partial charge is 0.266 e. The molecule has 2 aromatic rings. The molecule has 0 unspecified atom stereocenters. The average molecular weight is 456 g/mol. The van der Waals surface area contributed by atoms with Gasteiger partial charge in [-0.2, -0.15) is 0 Å². The van der Waals surface area contributed by atoms with E-state index in [4.69, 9.17) is 12.2 Å². The van der Waals surface area contributed by atoms with Gasteiger partial charge in [-0.05, 0) is 36.8 Å². The van der Waals surface area contributed by atoms with Gasteiger partial charge in [-0.25, -0.2) is 0 Å². The molecule has 7 heteroatoms. The number of aromatic nitrogens is 1. The molecular formula is C24H29N3O2S2. The van der Waals surface area contributed by atoms with Crippen molar-refractivity contribution in [1.82, 2.24) is 14.4 Å². The molecule has 2 saturated heterocycles. The monoisotopic (exact) mass is 455 g/mol. The molecular weight excluding hydrogens is 426 g/mol. The number of nitrogens with zero attached hydrogens (tertiary/aromatic N) is 3. The van der Waals surface area contributed by atoms with Gasteiger partial charge in [0.05, 0.1) is 10.4 Å². The minimum absolute atomic E-state index is 0.0237. The summed E-state index contributed by atoms with van der Waals surface area (Å²) in [6.07, 6.45) is 7.02. The zero-order chi connectivity index (χ0) is 22.1. The predicted octanol–water partition coefficient (Wildman–Crippen LogP) is 4.68. The van der Waals surface area contributed by atoms with Crippen LogP contribution in [0.2, 0.25) is 0 Å². The summed E-state index contributed by atoms with van der Waals surface area (Å²) in [5.41, 5.74) is 3.25. The number of amides is 2. The van der Waals surface area contributed by atoms with Crippen molar-refractivity contribution in [2.75, 3.05) is 19.6 Å². The lowest BCUT2D eigenvalue weighted by Crippen LogP contribution is -2.31. The van der Waals surface area contributed by atoms with Crippen molar-refractivity contribution < 1.29 is 9.59 Å². The maximum absolute atomic E-state index is 13.0. The van der Waals surface area contributed by atoms with Crippen LogP contribution in [-0.4, -0.2) is 50.1 Å². The average Bonchev–Trinajstić information content (AvgIpc) is 3.45. The van der Waals surface area contributed by atoms with E-state index in [1.807, 2.05) is 17.2 Å². The van der Waals surface area contributed by atoms with Crippen molar-refractivity contribution in [3.8, 4) is 0 Å². The Bertz CT molecular complexity index is 1060. The number of fused-ring (bicyclic) bond motifs is 1. The molecule has 0 radical (unpaired) electrons. The minimum atomic E-state index is -0.0237. The topological polar surface area (TPSA) is 45.6 Å². The number of thioether (sulfide) groups is 1. The molecule has 3 heterocycles. The number of benzene rings is 1. The van der Waals surface area contributed by atoms with Crippen LogP contribution in [0.3, 0.4) is 0 Å². The zero-order valence-corrected chi connectivity index (χ0v) is 20.0. The van der Waals surface area contributed by atoms with E-state index in [0.717, 1.165) is 48.8 Å². The summed E-state index contributed by atoms with van der Waals surface area (Å²) in [5, 5.41) is 1.07. The third-order valence-electron chi connectivity index (χ3n) is 5.87. The highest BCUT2D eigenvalue weighted by atomic mass is 32.2. The molecule has 0 bridgehead atoms. The van der Waals surface area contributed by atoms with Crippen molar-refractivity contribution >= 4 is 57.1 Å². The van der Waals surface area contributed by atoms with Crippen LogP contribution in [0.1, 0.15) is 44.7 Å². The van der Waals surface area contributed by atoms with E-state index in [2.05, 4.69) is 43.5 Å². The molecule has 1 aromatic carbocycles. The van der Waals surface area contributed by atoms with Gasteiger partial charge >= 0.3 is 0 Å². The van der Waals surface area contributed by atoms with Crippen LogP contribution in [0.5, 0.6) is 0 Å². The standard InChI is InChI=1S/C24H29N3O2S2/c1-4-17-8-7-9-19-18(12-20-23(29)27(13-16(2)3)24(30)31-20)14-26(22(17)19)15-21(28)25-10-5-6-11-25/h7-9,12,14,16H,4-6,10-11,13,15H2,1-3H3/b20-12-. The van der Waals surface area contributed by atoms with Crippen molar-refractivity contribution in [1.29, 1.82) is 0 Å². The van der Waals surface area contributed by atoms with Gasteiger partial charge in [-0.1, -0.05) is 63.0 Å². The van der Waals surface area contributed by atoms with Crippen molar-refractivity contribution in [2.45, 2.75) is 46.6 Å². The fraction of sp³-hybridized carbons (Fsp3) is 0.458. The predicted molar refractivity (Wildman–Crippen MR) is 132 cm³/mol. The number of para-hydroxylation sites is 1. The second-order valence-electron chi connectivity index (χ2n) is 8.65. The SMILES string of the molecule is CCc1cccc2c(/C=C3\SC(=S)N(CC(C)C)C3=O)cn(CC(=O)N3CCCC3)c12. The van der Waals surface area contributed by atoms with Gasteiger partial charge in [0.2, 0.25) is 5.91 Å². The lowest BCUT2D eigenvalue weighted by molar-refractivity contribution is -0.130. The Morgan fingerprint density at radius 3 is 2.68 bits per heavy atom. The molecule has 0 saturated carbocycles. The molecule has 0 aliphatic carbocycles. The number of aryl methyl sites for hydroxylation is 1. The minimum Gasteiger partial charge on any atom is -0.341 e. The van der Waals surface area contributed by atoms with Gasteiger partial charge in [0.25, 0.3) is 5.91 Å². The van der Waals surface area contributed by atoms with E-state index in [9.17, 15) is 9.59 Å². The second-order valence-corrected chi connectivity index (χ2v) is 10.3. The largest absolute Gasteiger partial charge is 0.341 e. The van der Waals surface area contributed by atoms with Gasteiger partial charge in [0.1, 0.15) is 10.9 Å². The van der Waals surface area contributed by atoms with E-state index in [1.165, 1.54) is 17.3 Å². The molecule has 2 aliphatic rings. The lowest BCUT2D eigenvalue weighted by Gasteiger charge is -2.16. The maximum Gasteiger partial charge on any atom is 0.266 e. The molecule has 5 nitrogen and oxygen atoms in total. The number of rotatable bonds is 6. The molecule has 1 aromatic heterocycles. The Kier molecular flexibility index (Phi) is 6.53. The molecule has 164 valence electrons. The molecule has 4 rings (SSSR count). The highest BCUT2D eigenvalue weighted by Gasteiger charge is 2.32. The fourth-order valence-corrected chi connectivity index (χ4v) is 5.63. The van der Waals surface area contributed by atoms with Crippen LogP contribution in [0.15, 0.2) is 29.3 Å². The third kappa shape index (κ3) is 4.44. The molecule has 0 atom stereocenters. The van der Waals surface area contributed by atoms with Gasteiger partial charge in [-0.3, -0.25) is 14.5 Å². The van der Waals surface area contributed by atoms with Crippen molar-refractivity contribution in [3.63, 3.8) is 0 Å². The molecule has 2 amide bonds. The Morgan fingerprint density at radius 2 is 2.00 bits per heavy atom. The quantitative estimate of drug-likeness (QED) is 0.469. The van der Waals surface area contributed by atoms with Crippen LogP contribution < -0.4 is 0 Å². The number of carbonyl (C=O) groups excluding carboxylic acids is 2. The van der Waals surface area contributed by atoms with Crippen LogP contribution in [0.4, 0.5) is 0 Å². The second kappa shape index (κ2) is 9.17. The van der Waals surface area contributed by atoms with Crippen LogP contribution in [0, 0.1) is 5.92 Å². The van der Waals surface area contributed by atoms with Crippen molar-refractivity contribution in [3.05, 3.63) is 40.4 Å². The number of hydrogen-bond acceptors (Lipinski definition) is 4. The molecule has 2 fully saturated rings. The highest BCUT2D eigenvalue weighted by molar-refractivity contribution is 8.26.